The highest BCUT2D eigenvalue weighted by Crippen LogP contribution is 2.27. The van der Waals surface area contributed by atoms with Crippen molar-refractivity contribution in [2.24, 2.45) is 5.73 Å². The SMILES string of the molecule is CSC1CCCC(NS(=O)(=O)c2cccc(CN)c2)C1. The third-order valence-corrected chi connectivity index (χ3v) is 6.34. The van der Waals surface area contributed by atoms with Gasteiger partial charge in [-0.2, -0.15) is 11.8 Å². The quantitative estimate of drug-likeness (QED) is 0.873. The van der Waals surface area contributed by atoms with Crippen LogP contribution in [0.3, 0.4) is 0 Å². The van der Waals surface area contributed by atoms with Crippen LogP contribution in [0.4, 0.5) is 0 Å². The van der Waals surface area contributed by atoms with E-state index in [1.54, 1.807) is 18.2 Å². The summed E-state index contributed by atoms with van der Waals surface area (Å²) in [5.41, 5.74) is 6.40. The molecule has 1 aromatic carbocycles. The third-order valence-electron chi connectivity index (χ3n) is 3.73. The van der Waals surface area contributed by atoms with Gasteiger partial charge in [0.25, 0.3) is 0 Å². The molecule has 1 aliphatic rings. The molecule has 0 amide bonds. The smallest absolute Gasteiger partial charge is 0.240 e. The Labute approximate surface area is 125 Å². The van der Waals surface area contributed by atoms with E-state index >= 15 is 0 Å². The van der Waals surface area contributed by atoms with Crippen LogP contribution in [0, 0.1) is 0 Å². The van der Waals surface area contributed by atoms with E-state index in [0.29, 0.717) is 16.7 Å². The summed E-state index contributed by atoms with van der Waals surface area (Å²) in [5, 5.41) is 0.562. The molecule has 0 spiro atoms. The number of rotatable bonds is 5. The van der Waals surface area contributed by atoms with Crippen molar-refractivity contribution in [2.75, 3.05) is 6.26 Å². The van der Waals surface area contributed by atoms with Gasteiger partial charge in [0, 0.05) is 17.8 Å². The molecule has 4 nitrogen and oxygen atoms in total. The fourth-order valence-corrected chi connectivity index (χ4v) is 4.77. The topological polar surface area (TPSA) is 72.2 Å². The van der Waals surface area contributed by atoms with E-state index in [0.717, 1.165) is 24.8 Å². The van der Waals surface area contributed by atoms with Crippen LogP contribution in [-0.2, 0) is 16.6 Å². The molecule has 0 aliphatic heterocycles. The van der Waals surface area contributed by atoms with E-state index in [9.17, 15) is 8.42 Å². The van der Waals surface area contributed by atoms with Gasteiger partial charge >= 0.3 is 0 Å². The van der Waals surface area contributed by atoms with E-state index in [4.69, 9.17) is 5.73 Å². The zero-order valence-corrected chi connectivity index (χ0v) is 13.3. The van der Waals surface area contributed by atoms with E-state index < -0.39 is 10.0 Å². The summed E-state index contributed by atoms with van der Waals surface area (Å²) in [7, 11) is -3.44. The molecule has 1 saturated carbocycles. The summed E-state index contributed by atoms with van der Waals surface area (Å²) < 4.78 is 27.7. The Kier molecular flexibility index (Phi) is 5.49. The number of benzene rings is 1. The number of hydrogen-bond donors (Lipinski definition) is 2. The normalized spacial score (nSPS) is 23.7. The number of hydrogen-bond acceptors (Lipinski definition) is 4. The highest BCUT2D eigenvalue weighted by Gasteiger charge is 2.26. The maximum absolute atomic E-state index is 12.4. The fourth-order valence-electron chi connectivity index (χ4n) is 2.59. The Hall–Kier alpha value is -0.560. The molecule has 0 radical (unpaired) electrons. The molecule has 0 heterocycles. The van der Waals surface area contributed by atoms with Crippen LogP contribution in [0.2, 0.25) is 0 Å². The minimum absolute atomic E-state index is 0.0488. The first-order valence-electron chi connectivity index (χ1n) is 6.89. The van der Waals surface area contributed by atoms with Crippen LogP contribution in [0.25, 0.3) is 0 Å². The lowest BCUT2D eigenvalue weighted by Gasteiger charge is -2.28. The second-order valence-corrected chi connectivity index (χ2v) is 8.05. The Morgan fingerprint density at radius 2 is 2.20 bits per heavy atom. The van der Waals surface area contributed by atoms with Gasteiger partial charge in [-0.25, -0.2) is 13.1 Å². The van der Waals surface area contributed by atoms with Gasteiger partial charge in [0.2, 0.25) is 10.0 Å². The number of sulfonamides is 1. The zero-order valence-electron chi connectivity index (χ0n) is 11.7. The van der Waals surface area contributed by atoms with Gasteiger partial charge in [-0.15, -0.1) is 0 Å². The second kappa shape index (κ2) is 6.93. The lowest BCUT2D eigenvalue weighted by atomic mass is 9.96. The van der Waals surface area contributed by atoms with Crippen molar-refractivity contribution in [3.63, 3.8) is 0 Å². The highest BCUT2D eigenvalue weighted by molar-refractivity contribution is 7.99. The van der Waals surface area contributed by atoms with Crippen molar-refractivity contribution in [3.8, 4) is 0 Å². The molecule has 0 aromatic heterocycles. The molecule has 1 aromatic rings. The monoisotopic (exact) mass is 314 g/mol. The van der Waals surface area contributed by atoms with Gasteiger partial charge in [-0.3, -0.25) is 0 Å². The number of thioether (sulfide) groups is 1. The summed E-state index contributed by atoms with van der Waals surface area (Å²) in [6.45, 7) is 0.349. The van der Waals surface area contributed by atoms with Gasteiger partial charge in [0.1, 0.15) is 0 Å². The van der Waals surface area contributed by atoms with Gasteiger partial charge < -0.3 is 5.73 Å². The molecule has 1 fully saturated rings. The van der Waals surface area contributed by atoms with Crippen molar-refractivity contribution >= 4 is 21.8 Å². The van der Waals surface area contributed by atoms with Crippen LogP contribution >= 0.6 is 11.8 Å². The largest absolute Gasteiger partial charge is 0.326 e. The van der Waals surface area contributed by atoms with E-state index in [1.807, 2.05) is 17.8 Å². The molecule has 0 bridgehead atoms. The van der Waals surface area contributed by atoms with Gasteiger partial charge in [-0.1, -0.05) is 18.6 Å². The Morgan fingerprint density at radius 3 is 2.90 bits per heavy atom. The Balaban J connectivity index is 2.10. The maximum atomic E-state index is 12.4. The molecule has 112 valence electrons. The standard InChI is InChI=1S/C14H22N2O2S2/c1-19-13-6-3-5-12(9-13)16-20(17,18)14-7-2-4-11(8-14)10-15/h2,4,7-8,12-13,16H,3,5-6,9-10,15H2,1H3. The lowest BCUT2D eigenvalue weighted by Crippen LogP contribution is -2.39. The summed E-state index contributed by atoms with van der Waals surface area (Å²) in [4.78, 5) is 0.312. The van der Waals surface area contributed by atoms with Crippen LogP contribution in [0.15, 0.2) is 29.2 Å². The first-order valence-corrected chi connectivity index (χ1v) is 9.66. The Morgan fingerprint density at radius 1 is 1.40 bits per heavy atom. The first kappa shape index (κ1) is 15.8. The molecule has 6 heteroatoms. The van der Waals surface area contributed by atoms with E-state index in [-0.39, 0.29) is 6.04 Å². The average Bonchev–Trinajstić information content (AvgIpc) is 2.47. The van der Waals surface area contributed by atoms with Crippen molar-refractivity contribution in [2.45, 2.75) is 48.4 Å². The van der Waals surface area contributed by atoms with Crippen LogP contribution in [-0.4, -0.2) is 26.0 Å². The summed E-state index contributed by atoms with van der Waals surface area (Å²) >= 11 is 1.83. The van der Waals surface area contributed by atoms with E-state index in [1.165, 1.54) is 6.42 Å². The minimum Gasteiger partial charge on any atom is -0.326 e. The molecule has 1 aliphatic carbocycles. The first-order chi connectivity index (χ1) is 9.55. The lowest BCUT2D eigenvalue weighted by molar-refractivity contribution is 0.421. The fraction of sp³-hybridized carbons (Fsp3) is 0.571. The predicted octanol–water partition coefficient (Wildman–Crippen LogP) is 2.10. The molecular weight excluding hydrogens is 292 g/mol. The molecule has 20 heavy (non-hydrogen) atoms. The molecule has 2 atom stereocenters. The van der Waals surface area contributed by atoms with Crippen molar-refractivity contribution < 1.29 is 8.42 Å². The summed E-state index contributed by atoms with van der Waals surface area (Å²) in [6.07, 6.45) is 6.19. The number of nitrogens with one attached hydrogen (secondary N) is 1. The van der Waals surface area contributed by atoms with Gasteiger partial charge in [0.05, 0.1) is 4.90 Å². The molecule has 2 unspecified atom stereocenters. The maximum Gasteiger partial charge on any atom is 0.240 e. The van der Waals surface area contributed by atoms with Crippen molar-refractivity contribution in [1.29, 1.82) is 0 Å². The summed E-state index contributed by atoms with van der Waals surface area (Å²) in [5.74, 6) is 0. The predicted molar refractivity (Wildman–Crippen MR) is 84.2 cm³/mol. The summed E-state index contributed by atoms with van der Waals surface area (Å²) in [6, 6.07) is 6.90. The Bertz CT molecular complexity index is 546. The van der Waals surface area contributed by atoms with Crippen LogP contribution < -0.4 is 10.5 Å². The molecular formula is C14H22N2O2S2. The zero-order chi connectivity index (χ0) is 14.6. The average molecular weight is 314 g/mol. The van der Waals surface area contributed by atoms with Crippen molar-refractivity contribution in [1.82, 2.24) is 4.72 Å². The number of nitrogens with two attached hydrogens (primary N) is 1. The molecule has 3 N–H and O–H groups in total. The van der Waals surface area contributed by atoms with Crippen LogP contribution in [0.1, 0.15) is 31.2 Å². The van der Waals surface area contributed by atoms with Crippen molar-refractivity contribution in [3.05, 3.63) is 29.8 Å². The van der Waals surface area contributed by atoms with E-state index in [2.05, 4.69) is 11.0 Å². The minimum atomic E-state index is -3.44. The van der Waals surface area contributed by atoms with Gasteiger partial charge in [0.15, 0.2) is 0 Å². The second-order valence-electron chi connectivity index (χ2n) is 5.19. The highest BCUT2D eigenvalue weighted by atomic mass is 32.2. The van der Waals surface area contributed by atoms with Gasteiger partial charge in [-0.05, 0) is 43.2 Å². The van der Waals surface area contributed by atoms with Crippen LogP contribution in [0.5, 0.6) is 0 Å². The molecule has 0 saturated heterocycles. The molecule has 2 rings (SSSR count). The third kappa shape index (κ3) is 3.97.